The molecule has 1 saturated heterocycles. The molecule has 5 atom stereocenters. The van der Waals surface area contributed by atoms with E-state index in [1.807, 2.05) is 23.1 Å². The number of likely N-dealkylation sites (N-methyl/N-ethyl adjacent to an activating group) is 1. The number of aromatic nitrogens is 1. The van der Waals surface area contributed by atoms with Crippen molar-refractivity contribution in [3.63, 3.8) is 0 Å². The van der Waals surface area contributed by atoms with Crippen molar-refractivity contribution in [1.82, 2.24) is 20.1 Å². The van der Waals surface area contributed by atoms with Gasteiger partial charge < -0.3 is 15.1 Å². The molecule has 2 aliphatic heterocycles. The minimum Gasteiger partial charge on any atom is -0.326 e. The van der Waals surface area contributed by atoms with Gasteiger partial charge in [-0.3, -0.25) is 14.9 Å². The van der Waals surface area contributed by atoms with Crippen LogP contribution >= 0.6 is 11.3 Å². The fourth-order valence-corrected chi connectivity index (χ4v) is 6.77. The number of piperidine rings is 1. The average Bonchev–Trinajstić information content (AvgIpc) is 3.75. The Kier molecular flexibility index (Phi) is 5.70. The summed E-state index contributed by atoms with van der Waals surface area (Å²) >= 11 is 1.57. The van der Waals surface area contributed by atoms with E-state index in [0.717, 1.165) is 50.9 Å². The van der Waals surface area contributed by atoms with Gasteiger partial charge in [0.1, 0.15) is 6.04 Å². The van der Waals surface area contributed by atoms with Crippen molar-refractivity contribution < 1.29 is 9.59 Å². The SMILES string of the molecule is CC(N[C@H](C(=O)N1[C@H](C(=O)Nc2nc3c(s2)CN(C)CC3)C[C@H]2C[C@@H]21)C1CC1)c1ccccc1. The monoisotopic (exact) mass is 479 g/mol. The van der Waals surface area contributed by atoms with Crippen molar-refractivity contribution in [3.8, 4) is 0 Å². The third-order valence-corrected chi connectivity index (χ3v) is 8.90. The third kappa shape index (κ3) is 4.27. The molecule has 180 valence electrons. The van der Waals surface area contributed by atoms with Crippen molar-refractivity contribution in [2.45, 2.75) is 69.7 Å². The maximum absolute atomic E-state index is 13.9. The molecule has 3 fully saturated rings. The number of hydrogen-bond donors (Lipinski definition) is 2. The summed E-state index contributed by atoms with van der Waals surface area (Å²) in [6, 6.07) is 9.95. The van der Waals surface area contributed by atoms with Crippen LogP contribution in [-0.4, -0.2) is 58.3 Å². The maximum atomic E-state index is 13.9. The summed E-state index contributed by atoms with van der Waals surface area (Å²) in [6.45, 7) is 4.00. The van der Waals surface area contributed by atoms with E-state index in [2.05, 4.69) is 46.6 Å². The van der Waals surface area contributed by atoms with Crippen molar-refractivity contribution in [1.29, 1.82) is 0 Å². The molecule has 6 rings (SSSR count). The minimum atomic E-state index is -0.394. The Hall–Kier alpha value is -2.29. The van der Waals surface area contributed by atoms with Crippen LogP contribution in [0.25, 0.3) is 0 Å². The molecule has 2 aliphatic carbocycles. The molecule has 8 heteroatoms. The summed E-state index contributed by atoms with van der Waals surface area (Å²) < 4.78 is 0. The first kappa shape index (κ1) is 22.2. The molecule has 2 N–H and O–H groups in total. The van der Waals surface area contributed by atoms with E-state index in [-0.39, 0.29) is 29.9 Å². The van der Waals surface area contributed by atoms with Gasteiger partial charge in [-0.15, -0.1) is 11.3 Å². The smallest absolute Gasteiger partial charge is 0.248 e. The van der Waals surface area contributed by atoms with E-state index in [1.165, 1.54) is 10.4 Å². The quantitative estimate of drug-likeness (QED) is 0.638. The summed E-state index contributed by atoms with van der Waals surface area (Å²) in [5.74, 6) is 0.855. The number of nitrogens with one attached hydrogen (secondary N) is 2. The van der Waals surface area contributed by atoms with Gasteiger partial charge in [0.25, 0.3) is 0 Å². The van der Waals surface area contributed by atoms with Crippen LogP contribution in [0.3, 0.4) is 0 Å². The molecule has 7 nitrogen and oxygen atoms in total. The molecule has 2 saturated carbocycles. The Bertz CT molecular complexity index is 1080. The molecule has 2 amide bonds. The summed E-state index contributed by atoms with van der Waals surface area (Å²) in [5.41, 5.74) is 2.29. The lowest BCUT2D eigenvalue weighted by atomic mass is 10.0. The van der Waals surface area contributed by atoms with Crippen molar-refractivity contribution >= 4 is 28.3 Å². The van der Waals surface area contributed by atoms with Gasteiger partial charge in [-0.2, -0.15) is 0 Å². The van der Waals surface area contributed by atoms with Crippen LogP contribution in [0.15, 0.2) is 30.3 Å². The zero-order valence-electron chi connectivity index (χ0n) is 19.9. The second kappa shape index (κ2) is 8.73. The normalized spacial score (nSPS) is 27.6. The van der Waals surface area contributed by atoms with E-state index in [4.69, 9.17) is 0 Å². The molecular formula is C26H33N5O2S. The van der Waals surface area contributed by atoms with Gasteiger partial charge in [0.2, 0.25) is 11.8 Å². The lowest BCUT2D eigenvalue weighted by Gasteiger charge is -2.32. The van der Waals surface area contributed by atoms with Crippen LogP contribution < -0.4 is 10.6 Å². The van der Waals surface area contributed by atoms with Gasteiger partial charge in [-0.1, -0.05) is 30.3 Å². The van der Waals surface area contributed by atoms with Gasteiger partial charge in [-0.25, -0.2) is 4.98 Å². The zero-order valence-corrected chi connectivity index (χ0v) is 20.7. The minimum absolute atomic E-state index is 0.0781. The third-order valence-electron chi connectivity index (χ3n) is 7.90. The highest BCUT2D eigenvalue weighted by atomic mass is 32.1. The van der Waals surface area contributed by atoms with Crippen molar-refractivity contribution in [2.75, 3.05) is 18.9 Å². The number of likely N-dealkylation sites (tertiary alicyclic amines) is 1. The topological polar surface area (TPSA) is 77.6 Å². The highest BCUT2D eigenvalue weighted by Gasteiger charge is 2.58. The molecule has 34 heavy (non-hydrogen) atoms. The van der Waals surface area contributed by atoms with E-state index in [1.54, 1.807) is 11.3 Å². The largest absolute Gasteiger partial charge is 0.326 e. The van der Waals surface area contributed by atoms with Gasteiger partial charge in [0.15, 0.2) is 5.13 Å². The predicted octanol–water partition coefficient (Wildman–Crippen LogP) is 3.19. The summed E-state index contributed by atoms with van der Waals surface area (Å²) in [7, 11) is 2.11. The summed E-state index contributed by atoms with van der Waals surface area (Å²) in [5, 5.41) is 7.36. The maximum Gasteiger partial charge on any atom is 0.248 e. The molecular weight excluding hydrogens is 446 g/mol. The fourth-order valence-electron chi connectivity index (χ4n) is 5.68. The van der Waals surface area contributed by atoms with E-state index in [0.29, 0.717) is 17.0 Å². The van der Waals surface area contributed by atoms with Gasteiger partial charge >= 0.3 is 0 Å². The average molecular weight is 480 g/mol. The number of benzene rings is 1. The number of nitrogens with zero attached hydrogens (tertiary/aromatic N) is 3. The number of rotatable bonds is 7. The lowest BCUT2D eigenvalue weighted by Crippen LogP contribution is -2.54. The molecule has 0 spiro atoms. The first-order chi connectivity index (χ1) is 16.5. The van der Waals surface area contributed by atoms with Crippen LogP contribution in [0.5, 0.6) is 0 Å². The second-order valence-electron chi connectivity index (χ2n) is 10.5. The molecule has 3 heterocycles. The molecule has 1 unspecified atom stereocenters. The number of carbonyl (C=O) groups excluding carboxylic acids is 2. The van der Waals surface area contributed by atoms with Crippen LogP contribution in [0.2, 0.25) is 0 Å². The van der Waals surface area contributed by atoms with E-state index < -0.39 is 6.04 Å². The van der Waals surface area contributed by atoms with Crippen LogP contribution in [0.1, 0.15) is 54.8 Å². The Morgan fingerprint density at radius 1 is 1.18 bits per heavy atom. The molecule has 0 bridgehead atoms. The van der Waals surface area contributed by atoms with Gasteiger partial charge in [0, 0.05) is 36.5 Å². The number of hydrogen-bond acceptors (Lipinski definition) is 6. The predicted molar refractivity (Wildman–Crippen MR) is 132 cm³/mol. The first-order valence-electron chi connectivity index (χ1n) is 12.6. The highest BCUT2D eigenvalue weighted by Crippen LogP contribution is 2.49. The van der Waals surface area contributed by atoms with E-state index >= 15 is 0 Å². The Morgan fingerprint density at radius 2 is 1.97 bits per heavy atom. The van der Waals surface area contributed by atoms with Crippen LogP contribution in [0.4, 0.5) is 5.13 Å². The molecule has 1 aromatic heterocycles. The first-order valence-corrected chi connectivity index (χ1v) is 13.4. The molecule has 0 radical (unpaired) electrons. The number of fused-ring (bicyclic) bond motifs is 2. The lowest BCUT2D eigenvalue weighted by molar-refractivity contribution is -0.140. The Labute approximate surface area is 204 Å². The van der Waals surface area contributed by atoms with Crippen LogP contribution in [-0.2, 0) is 22.6 Å². The van der Waals surface area contributed by atoms with E-state index in [9.17, 15) is 9.59 Å². The number of carbonyl (C=O) groups is 2. The van der Waals surface area contributed by atoms with Gasteiger partial charge in [0.05, 0.1) is 11.7 Å². The Balaban J connectivity index is 1.16. The summed E-state index contributed by atoms with van der Waals surface area (Å²) in [4.78, 5) is 37.3. The zero-order chi connectivity index (χ0) is 23.4. The molecule has 1 aromatic carbocycles. The second-order valence-corrected chi connectivity index (χ2v) is 11.6. The fraction of sp³-hybridized carbons (Fsp3) is 0.577. The van der Waals surface area contributed by atoms with Crippen molar-refractivity contribution in [3.05, 3.63) is 46.5 Å². The molecule has 4 aliphatic rings. The van der Waals surface area contributed by atoms with Crippen LogP contribution in [0, 0.1) is 11.8 Å². The summed E-state index contributed by atoms with van der Waals surface area (Å²) in [6.07, 6.45) is 4.86. The number of amides is 2. The molecule has 2 aromatic rings. The Morgan fingerprint density at radius 3 is 2.74 bits per heavy atom. The number of thiazole rings is 1. The van der Waals surface area contributed by atoms with Gasteiger partial charge in [-0.05, 0) is 57.1 Å². The standard InChI is InChI=1S/C26H33N5O2S/c1-15(16-6-4-3-5-7-16)27-23(17-8-9-17)25(33)31-20-12-18(20)13-21(31)24(32)29-26-28-19-10-11-30(2)14-22(19)34-26/h3-7,15,17-18,20-21,23,27H,8-14H2,1-2H3,(H,28,29,32)/t15?,18-,20+,21+,23+/m1/s1. The number of anilines is 1. The van der Waals surface area contributed by atoms with Crippen molar-refractivity contribution in [2.24, 2.45) is 11.8 Å². The highest BCUT2D eigenvalue weighted by molar-refractivity contribution is 7.15.